The maximum Gasteiger partial charge on any atom is 0.304 e. The maximum atomic E-state index is 13.0. The molecule has 128 valence electrons. The van der Waals surface area contributed by atoms with Crippen LogP contribution in [0.4, 0.5) is 0 Å². The van der Waals surface area contributed by atoms with Crippen molar-refractivity contribution in [1.29, 1.82) is 0 Å². The quantitative estimate of drug-likeness (QED) is 0.387. The maximum absolute atomic E-state index is 13.0. The summed E-state index contributed by atoms with van der Waals surface area (Å²) < 4.78 is 1.56. The molecule has 2 heterocycles. The van der Waals surface area contributed by atoms with Crippen LogP contribution in [0.1, 0.15) is 6.42 Å². The Bertz CT molecular complexity index is 977. The van der Waals surface area contributed by atoms with E-state index in [-0.39, 0.29) is 12.0 Å². The number of thiophene rings is 1. The van der Waals surface area contributed by atoms with Crippen molar-refractivity contribution in [3.8, 4) is 11.1 Å². The van der Waals surface area contributed by atoms with Gasteiger partial charge in [-0.3, -0.25) is 14.2 Å². The van der Waals surface area contributed by atoms with Gasteiger partial charge in [-0.2, -0.15) is 0 Å². The predicted octanol–water partition coefficient (Wildman–Crippen LogP) is 3.88. The highest BCUT2D eigenvalue weighted by Crippen LogP contribution is 2.32. The molecule has 25 heavy (non-hydrogen) atoms. The molecule has 0 aliphatic rings. The van der Waals surface area contributed by atoms with Gasteiger partial charge in [-0.05, 0) is 5.56 Å². The monoisotopic (exact) mass is 372 g/mol. The zero-order valence-electron chi connectivity index (χ0n) is 13.3. The van der Waals surface area contributed by atoms with Crippen LogP contribution >= 0.6 is 23.1 Å². The van der Waals surface area contributed by atoms with Crippen molar-refractivity contribution in [1.82, 2.24) is 9.55 Å². The molecule has 3 rings (SSSR count). The van der Waals surface area contributed by atoms with Crippen LogP contribution in [0.2, 0.25) is 0 Å². The summed E-state index contributed by atoms with van der Waals surface area (Å²) in [6, 6.07) is 9.74. The molecule has 3 aromatic rings. The van der Waals surface area contributed by atoms with Crippen LogP contribution in [0.25, 0.3) is 21.3 Å². The summed E-state index contributed by atoms with van der Waals surface area (Å²) in [5.74, 6) is -0.505. The SMILES string of the molecule is C=CCn1c(SCCC(=O)O)nc2scc(-c3ccccc3)c2c1=O. The summed E-state index contributed by atoms with van der Waals surface area (Å²) in [5, 5.41) is 11.9. The van der Waals surface area contributed by atoms with E-state index < -0.39 is 5.97 Å². The van der Waals surface area contributed by atoms with Gasteiger partial charge in [-0.15, -0.1) is 17.9 Å². The van der Waals surface area contributed by atoms with E-state index in [1.807, 2.05) is 35.7 Å². The first kappa shape index (κ1) is 17.4. The van der Waals surface area contributed by atoms with Gasteiger partial charge in [0.2, 0.25) is 0 Å². The van der Waals surface area contributed by atoms with Crippen molar-refractivity contribution < 1.29 is 9.90 Å². The van der Waals surface area contributed by atoms with Gasteiger partial charge in [0.05, 0.1) is 11.8 Å². The molecule has 0 saturated carbocycles. The summed E-state index contributed by atoms with van der Waals surface area (Å²) in [6.07, 6.45) is 1.66. The summed E-state index contributed by atoms with van der Waals surface area (Å²) in [4.78, 5) is 29.0. The second kappa shape index (κ2) is 7.67. The number of hydrogen-bond donors (Lipinski definition) is 1. The van der Waals surface area contributed by atoms with E-state index in [4.69, 9.17) is 5.11 Å². The fourth-order valence-electron chi connectivity index (χ4n) is 2.47. The zero-order valence-corrected chi connectivity index (χ0v) is 15.0. The van der Waals surface area contributed by atoms with Gasteiger partial charge in [-0.1, -0.05) is 48.2 Å². The van der Waals surface area contributed by atoms with Crippen LogP contribution in [0.5, 0.6) is 0 Å². The summed E-state index contributed by atoms with van der Waals surface area (Å²) in [6.45, 7) is 4.04. The summed E-state index contributed by atoms with van der Waals surface area (Å²) in [5.41, 5.74) is 1.73. The normalized spacial score (nSPS) is 10.9. The van der Waals surface area contributed by atoms with Gasteiger partial charge in [0.15, 0.2) is 5.16 Å². The van der Waals surface area contributed by atoms with Crippen molar-refractivity contribution in [3.05, 3.63) is 58.7 Å². The van der Waals surface area contributed by atoms with Crippen molar-refractivity contribution >= 4 is 39.3 Å². The van der Waals surface area contributed by atoms with Crippen molar-refractivity contribution in [2.45, 2.75) is 18.1 Å². The Morgan fingerprint density at radius 1 is 1.36 bits per heavy atom. The molecule has 0 bridgehead atoms. The molecule has 0 atom stereocenters. The molecule has 0 unspecified atom stereocenters. The highest BCUT2D eigenvalue weighted by Gasteiger charge is 2.17. The summed E-state index contributed by atoms with van der Waals surface area (Å²) >= 11 is 2.70. The van der Waals surface area contributed by atoms with Crippen LogP contribution in [0.15, 0.2) is 58.3 Å². The number of carboxylic acids is 1. The fraction of sp³-hybridized carbons (Fsp3) is 0.167. The van der Waals surface area contributed by atoms with E-state index in [2.05, 4.69) is 11.6 Å². The van der Waals surface area contributed by atoms with Crippen LogP contribution in [-0.4, -0.2) is 26.4 Å². The molecule has 0 fully saturated rings. The van der Waals surface area contributed by atoms with E-state index >= 15 is 0 Å². The minimum Gasteiger partial charge on any atom is -0.481 e. The third-order valence-electron chi connectivity index (χ3n) is 3.60. The van der Waals surface area contributed by atoms with Gasteiger partial charge in [0.25, 0.3) is 5.56 Å². The third-order valence-corrected chi connectivity index (χ3v) is 5.45. The molecule has 0 saturated heterocycles. The van der Waals surface area contributed by atoms with E-state index in [1.165, 1.54) is 23.1 Å². The Kier molecular flexibility index (Phi) is 5.35. The first-order chi connectivity index (χ1) is 12.1. The molecule has 0 amide bonds. The van der Waals surface area contributed by atoms with Crippen molar-refractivity contribution in [3.63, 3.8) is 0 Å². The van der Waals surface area contributed by atoms with Crippen LogP contribution in [0.3, 0.4) is 0 Å². The molecule has 1 N–H and O–H groups in total. The van der Waals surface area contributed by atoms with Crippen LogP contribution < -0.4 is 5.56 Å². The largest absolute Gasteiger partial charge is 0.481 e. The number of carbonyl (C=O) groups is 1. The number of benzene rings is 1. The minimum atomic E-state index is -0.867. The van der Waals surface area contributed by atoms with E-state index in [1.54, 1.807) is 10.6 Å². The second-order valence-electron chi connectivity index (χ2n) is 5.29. The Morgan fingerprint density at radius 2 is 2.12 bits per heavy atom. The lowest BCUT2D eigenvalue weighted by molar-refractivity contribution is -0.136. The lowest BCUT2D eigenvalue weighted by Gasteiger charge is -2.10. The first-order valence-electron chi connectivity index (χ1n) is 7.64. The van der Waals surface area contributed by atoms with Crippen LogP contribution in [-0.2, 0) is 11.3 Å². The van der Waals surface area contributed by atoms with Gasteiger partial charge >= 0.3 is 5.97 Å². The molecule has 0 radical (unpaired) electrons. The van der Waals surface area contributed by atoms with Crippen molar-refractivity contribution in [2.24, 2.45) is 0 Å². The molecular weight excluding hydrogens is 356 g/mol. The van der Waals surface area contributed by atoms with E-state index in [0.717, 1.165) is 11.1 Å². The molecule has 5 nitrogen and oxygen atoms in total. The first-order valence-corrected chi connectivity index (χ1v) is 9.51. The fourth-order valence-corrected chi connectivity index (χ4v) is 4.39. The number of fused-ring (bicyclic) bond motifs is 1. The smallest absolute Gasteiger partial charge is 0.304 e. The van der Waals surface area contributed by atoms with Gasteiger partial charge in [0, 0.05) is 23.2 Å². The van der Waals surface area contributed by atoms with Gasteiger partial charge in [0.1, 0.15) is 4.83 Å². The Balaban J connectivity index is 2.11. The minimum absolute atomic E-state index is 0.0202. The molecular formula is C18H16N2O3S2. The number of rotatable bonds is 7. The number of carboxylic acid groups (broad SMARTS) is 1. The number of aromatic nitrogens is 2. The van der Waals surface area contributed by atoms with E-state index in [0.29, 0.717) is 27.7 Å². The molecule has 7 heteroatoms. The lowest BCUT2D eigenvalue weighted by atomic mass is 10.1. The molecule has 0 aliphatic carbocycles. The Morgan fingerprint density at radius 3 is 2.80 bits per heavy atom. The number of nitrogens with zero attached hydrogens (tertiary/aromatic N) is 2. The third kappa shape index (κ3) is 3.67. The van der Waals surface area contributed by atoms with Gasteiger partial charge in [-0.25, -0.2) is 4.98 Å². The standard InChI is InChI=1S/C18H16N2O3S2/c1-2-9-20-17(23)15-13(12-6-4-3-5-7-12)11-25-16(15)19-18(20)24-10-8-14(21)22/h2-7,11H,1,8-10H2,(H,21,22). The number of aliphatic carboxylic acids is 1. The van der Waals surface area contributed by atoms with Gasteiger partial charge < -0.3 is 5.11 Å². The zero-order chi connectivity index (χ0) is 17.8. The number of thioether (sulfide) groups is 1. The molecule has 0 spiro atoms. The topological polar surface area (TPSA) is 72.2 Å². The Labute approximate surface area is 152 Å². The average Bonchev–Trinajstić information content (AvgIpc) is 3.03. The predicted molar refractivity (Wildman–Crippen MR) is 102 cm³/mol. The molecule has 2 aromatic heterocycles. The highest BCUT2D eigenvalue weighted by molar-refractivity contribution is 7.99. The van der Waals surface area contributed by atoms with Crippen LogP contribution in [0, 0.1) is 0 Å². The Hall–Kier alpha value is -2.38. The average molecular weight is 372 g/mol. The second-order valence-corrected chi connectivity index (χ2v) is 7.21. The highest BCUT2D eigenvalue weighted by atomic mass is 32.2. The molecule has 1 aromatic carbocycles. The lowest BCUT2D eigenvalue weighted by Crippen LogP contribution is -2.22. The number of hydrogen-bond acceptors (Lipinski definition) is 5. The summed E-state index contributed by atoms with van der Waals surface area (Å²) in [7, 11) is 0. The van der Waals surface area contributed by atoms with Crippen molar-refractivity contribution in [2.75, 3.05) is 5.75 Å². The number of allylic oxidation sites excluding steroid dienone is 1. The van der Waals surface area contributed by atoms with E-state index in [9.17, 15) is 9.59 Å². The molecule has 0 aliphatic heterocycles.